The summed E-state index contributed by atoms with van der Waals surface area (Å²) in [5.41, 5.74) is 5.20. The average molecular weight is 503 g/mol. The Bertz CT molecular complexity index is 845. The molecule has 0 aliphatic heterocycles. The van der Waals surface area contributed by atoms with Gasteiger partial charge in [0, 0.05) is 0 Å². The van der Waals surface area contributed by atoms with Crippen molar-refractivity contribution in [2.45, 2.75) is 57.3 Å². The molecule has 0 heterocycles. The molecule has 0 unspecified atom stereocenters. The Morgan fingerprint density at radius 3 is 1.51 bits per heavy atom. The lowest BCUT2D eigenvalue weighted by Gasteiger charge is -2.26. The molecule has 35 heavy (non-hydrogen) atoms. The maximum atomic E-state index is 12.7. The van der Waals surface area contributed by atoms with Crippen molar-refractivity contribution >= 4 is 47.8 Å². The molecule has 4 atom stereocenters. The van der Waals surface area contributed by atoms with Gasteiger partial charge in [0.1, 0.15) is 24.4 Å². The number of aliphatic carboxylic acids is 3. The van der Waals surface area contributed by atoms with E-state index < -0.39 is 97.4 Å². The summed E-state index contributed by atoms with van der Waals surface area (Å²) in [4.78, 5) is 93.3. The van der Waals surface area contributed by atoms with Crippen LogP contribution >= 0.6 is 0 Å². The van der Waals surface area contributed by atoms with E-state index in [0.29, 0.717) is 0 Å². The second-order valence-electron chi connectivity index (χ2n) is 7.66. The van der Waals surface area contributed by atoms with Gasteiger partial charge in [0.25, 0.3) is 0 Å². The quantitative estimate of drug-likeness (QED) is 0.0941. The van der Waals surface area contributed by atoms with Crippen LogP contribution in [-0.2, 0) is 38.4 Å². The van der Waals surface area contributed by atoms with E-state index in [1.54, 1.807) is 13.8 Å². The summed E-state index contributed by atoms with van der Waals surface area (Å²) >= 11 is 0. The van der Waals surface area contributed by atoms with Gasteiger partial charge in [0.05, 0.1) is 31.8 Å². The SMILES string of the molecule is CC(C)[C@H](NC(=O)CN)C(=O)N[C@@H](CC(=O)O)C(=O)N[C@@H](CC(=O)O)C(=O)N[C@H](C=O)CC(=O)O. The lowest BCUT2D eigenvalue weighted by molar-refractivity contribution is -0.144. The number of aldehydes is 1. The molecule has 0 aliphatic carbocycles. The van der Waals surface area contributed by atoms with Crippen LogP contribution in [-0.4, -0.2) is 93.9 Å². The molecule has 0 aromatic carbocycles. The van der Waals surface area contributed by atoms with Crippen molar-refractivity contribution < 1.29 is 53.7 Å². The van der Waals surface area contributed by atoms with E-state index in [4.69, 9.17) is 21.1 Å². The maximum absolute atomic E-state index is 12.7. The van der Waals surface area contributed by atoms with E-state index in [9.17, 15) is 38.4 Å². The van der Waals surface area contributed by atoms with E-state index in [0.717, 1.165) is 0 Å². The third-order valence-corrected chi connectivity index (χ3v) is 4.36. The Kier molecular flexibility index (Phi) is 13.2. The van der Waals surface area contributed by atoms with Crippen molar-refractivity contribution in [3.05, 3.63) is 0 Å². The monoisotopic (exact) mass is 503 g/mol. The van der Waals surface area contributed by atoms with Crippen LogP contribution < -0.4 is 27.0 Å². The Morgan fingerprint density at radius 2 is 1.14 bits per heavy atom. The van der Waals surface area contributed by atoms with Gasteiger partial charge in [0.2, 0.25) is 23.6 Å². The summed E-state index contributed by atoms with van der Waals surface area (Å²) in [7, 11) is 0. The maximum Gasteiger partial charge on any atom is 0.305 e. The first-order valence-electron chi connectivity index (χ1n) is 10.2. The first-order chi connectivity index (χ1) is 16.2. The van der Waals surface area contributed by atoms with E-state index in [2.05, 4.69) is 10.6 Å². The van der Waals surface area contributed by atoms with Gasteiger partial charge in [-0.25, -0.2) is 0 Å². The van der Waals surface area contributed by atoms with Crippen molar-refractivity contribution in [1.29, 1.82) is 0 Å². The number of rotatable bonds is 16. The first kappa shape index (κ1) is 30.9. The first-order valence-corrected chi connectivity index (χ1v) is 10.2. The number of nitrogens with two attached hydrogens (primary N) is 1. The molecular formula is C19H29N5O11. The fraction of sp³-hybridized carbons (Fsp3) is 0.579. The number of carboxylic acids is 3. The zero-order valence-electron chi connectivity index (χ0n) is 19.0. The molecule has 4 amide bonds. The molecule has 0 bridgehead atoms. The van der Waals surface area contributed by atoms with Gasteiger partial charge in [-0.2, -0.15) is 0 Å². The molecule has 196 valence electrons. The zero-order valence-corrected chi connectivity index (χ0v) is 19.0. The fourth-order valence-electron chi connectivity index (χ4n) is 2.67. The zero-order chi connectivity index (χ0) is 27.3. The van der Waals surface area contributed by atoms with Crippen LogP contribution in [0.1, 0.15) is 33.1 Å². The number of carbonyl (C=O) groups is 8. The van der Waals surface area contributed by atoms with Crippen LogP contribution in [0.5, 0.6) is 0 Å². The number of hydrogen-bond donors (Lipinski definition) is 8. The molecule has 16 heteroatoms. The number of hydrogen-bond acceptors (Lipinski definition) is 9. The topological polar surface area (TPSA) is 271 Å². The van der Waals surface area contributed by atoms with Crippen LogP contribution in [0, 0.1) is 5.92 Å². The van der Waals surface area contributed by atoms with E-state index in [1.165, 1.54) is 0 Å². The Hall–Kier alpha value is -4.08. The highest BCUT2D eigenvalue weighted by Gasteiger charge is 2.33. The van der Waals surface area contributed by atoms with Crippen LogP contribution in [0.4, 0.5) is 0 Å². The summed E-state index contributed by atoms with van der Waals surface area (Å²) in [6.45, 7) is 2.67. The number of amides is 4. The predicted octanol–water partition coefficient (Wildman–Crippen LogP) is -3.84. The third kappa shape index (κ3) is 12.1. The average Bonchev–Trinajstić information content (AvgIpc) is 2.74. The molecule has 0 aliphatic rings. The molecule has 0 saturated heterocycles. The summed E-state index contributed by atoms with van der Waals surface area (Å²) < 4.78 is 0. The molecular weight excluding hydrogens is 474 g/mol. The van der Waals surface area contributed by atoms with Crippen LogP contribution in [0.15, 0.2) is 0 Å². The van der Waals surface area contributed by atoms with Crippen LogP contribution in [0.2, 0.25) is 0 Å². The molecule has 0 aromatic heterocycles. The van der Waals surface area contributed by atoms with Gasteiger partial charge >= 0.3 is 17.9 Å². The third-order valence-electron chi connectivity index (χ3n) is 4.36. The molecule has 0 aromatic rings. The predicted molar refractivity (Wildman–Crippen MR) is 114 cm³/mol. The summed E-state index contributed by atoms with van der Waals surface area (Å²) in [6.07, 6.45) is -2.69. The molecule has 16 nitrogen and oxygen atoms in total. The Labute approximate surface area is 199 Å². The van der Waals surface area contributed by atoms with Crippen molar-refractivity contribution in [3.63, 3.8) is 0 Å². The minimum Gasteiger partial charge on any atom is -0.481 e. The fourth-order valence-corrected chi connectivity index (χ4v) is 2.67. The standard InChI is InChI=1S/C19H29N5O11/c1-8(2)16(24-12(26)6-20)19(35)23-11(5-15(31)32)18(34)22-10(4-14(29)30)17(33)21-9(7-25)3-13(27)28/h7-11,16H,3-6,20H2,1-2H3,(H,21,33)(H,22,34)(H,23,35)(H,24,26)(H,27,28)(H,29,30)(H,31,32)/t9-,10-,11-,16-/m0/s1. The highest BCUT2D eigenvalue weighted by atomic mass is 16.4. The largest absolute Gasteiger partial charge is 0.481 e. The second kappa shape index (κ2) is 14.9. The molecule has 0 saturated carbocycles. The van der Waals surface area contributed by atoms with Gasteiger partial charge in [-0.3, -0.25) is 33.6 Å². The van der Waals surface area contributed by atoms with Gasteiger partial charge in [-0.15, -0.1) is 0 Å². The van der Waals surface area contributed by atoms with E-state index in [-0.39, 0.29) is 6.29 Å². The molecule has 0 fully saturated rings. The van der Waals surface area contributed by atoms with E-state index in [1.807, 2.05) is 10.6 Å². The van der Waals surface area contributed by atoms with Crippen molar-refractivity contribution in [1.82, 2.24) is 21.3 Å². The van der Waals surface area contributed by atoms with Gasteiger partial charge < -0.3 is 47.1 Å². The smallest absolute Gasteiger partial charge is 0.305 e. The summed E-state index contributed by atoms with van der Waals surface area (Å²) in [5.74, 6) is -9.14. The van der Waals surface area contributed by atoms with Gasteiger partial charge in [0.15, 0.2) is 0 Å². The molecule has 0 radical (unpaired) electrons. The van der Waals surface area contributed by atoms with E-state index >= 15 is 0 Å². The molecule has 0 spiro atoms. The molecule has 0 rings (SSSR count). The van der Waals surface area contributed by atoms with Gasteiger partial charge in [-0.05, 0) is 5.92 Å². The minimum atomic E-state index is -1.85. The lowest BCUT2D eigenvalue weighted by Crippen LogP contribution is -2.59. The van der Waals surface area contributed by atoms with Crippen molar-refractivity contribution in [2.75, 3.05) is 6.54 Å². The van der Waals surface area contributed by atoms with Crippen LogP contribution in [0.3, 0.4) is 0 Å². The van der Waals surface area contributed by atoms with Crippen molar-refractivity contribution in [3.8, 4) is 0 Å². The second-order valence-corrected chi connectivity index (χ2v) is 7.66. The lowest BCUT2D eigenvalue weighted by atomic mass is 10.0. The number of nitrogens with one attached hydrogen (secondary N) is 4. The van der Waals surface area contributed by atoms with Gasteiger partial charge in [-0.1, -0.05) is 13.8 Å². The van der Waals surface area contributed by atoms with Crippen molar-refractivity contribution in [2.24, 2.45) is 11.7 Å². The number of carbonyl (C=O) groups excluding carboxylic acids is 5. The Balaban J connectivity index is 5.69. The van der Waals surface area contributed by atoms with Crippen LogP contribution in [0.25, 0.3) is 0 Å². The number of carboxylic acid groups (broad SMARTS) is 3. The highest BCUT2D eigenvalue weighted by molar-refractivity contribution is 5.97. The minimum absolute atomic E-state index is 0.0980. The normalized spacial score (nSPS) is 13.9. The molecule has 9 N–H and O–H groups in total. The summed E-state index contributed by atoms with van der Waals surface area (Å²) in [5, 5.41) is 35.3. The highest BCUT2D eigenvalue weighted by Crippen LogP contribution is 2.05. The summed E-state index contributed by atoms with van der Waals surface area (Å²) in [6, 6.07) is -6.36. The Morgan fingerprint density at radius 1 is 0.714 bits per heavy atom.